The largest absolute Gasteiger partial charge is 0.371 e. The van der Waals surface area contributed by atoms with Gasteiger partial charge in [0.2, 0.25) is 0 Å². The second-order valence-corrected chi connectivity index (χ2v) is 9.26. The second kappa shape index (κ2) is 8.80. The molecule has 3 aromatic rings. The quantitative estimate of drug-likeness (QED) is 0.420. The van der Waals surface area contributed by atoms with Crippen molar-refractivity contribution in [1.82, 2.24) is 10.3 Å². The van der Waals surface area contributed by atoms with E-state index >= 15 is 0 Å². The number of pyridine rings is 1. The highest BCUT2D eigenvalue weighted by Gasteiger charge is 2.26. The van der Waals surface area contributed by atoms with E-state index in [9.17, 15) is 4.79 Å². The van der Waals surface area contributed by atoms with Gasteiger partial charge in [-0.25, -0.2) is 0 Å². The van der Waals surface area contributed by atoms with E-state index in [0.717, 1.165) is 38.8 Å². The third-order valence-corrected chi connectivity index (χ3v) is 6.36. The normalized spacial score (nSPS) is 19.2. The van der Waals surface area contributed by atoms with E-state index in [2.05, 4.69) is 65.7 Å². The molecular formula is C22H23Br2N3O. The number of benzene rings is 2. The Morgan fingerprint density at radius 1 is 1.04 bits per heavy atom. The predicted octanol–water partition coefficient (Wildman–Crippen LogP) is 5.42. The summed E-state index contributed by atoms with van der Waals surface area (Å²) in [4.78, 5) is 15.6. The van der Waals surface area contributed by atoms with E-state index in [-0.39, 0.29) is 5.43 Å². The van der Waals surface area contributed by atoms with Gasteiger partial charge in [-0.3, -0.25) is 4.79 Å². The minimum absolute atomic E-state index is 0.0539. The van der Waals surface area contributed by atoms with Crippen LogP contribution in [0.25, 0.3) is 10.9 Å². The van der Waals surface area contributed by atoms with Crippen LogP contribution >= 0.6 is 31.9 Å². The highest BCUT2D eigenvalue weighted by Crippen LogP contribution is 2.27. The fraction of sp³-hybridized carbons (Fsp3) is 0.318. The summed E-state index contributed by atoms with van der Waals surface area (Å²) in [5.41, 5.74) is 2.19. The molecule has 2 atom stereocenters. The predicted molar refractivity (Wildman–Crippen MR) is 123 cm³/mol. The van der Waals surface area contributed by atoms with E-state index in [1.165, 1.54) is 24.8 Å². The zero-order valence-corrected chi connectivity index (χ0v) is 18.6. The molecule has 1 aliphatic carbocycles. The lowest BCUT2D eigenvalue weighted by Gasteiger charge is -2.22. The summed E-state index contributed by atoms with van der Waals surface area (Å²) >= 11 is 7.11. The van der Waals surface area contributed by atoms with Gasteiger partial charge in [0.1, 0.15) is 5.82 Å². The van der Waals surface area contributed by atoms with Crippen LogP contribution in [0.5, 0.6) is 0 Å². The average Bonchev–Trinajstić information content (AvgIpc) is 3.11. The molecule has 0 bridgehead atoms. The van der Waals surface area contributed by atoms with Crippen LogP contribution in [0, 0.1) is 5.92 Å². The van der Waals surface area contributed by atoms with Crippen molar-refractivity contribution in [2.24, 2.45) is 5.92 Å². The Morgan fingerprint density at radius 2 is 1.82 bits per heavy atom. The molecule has 1 aliphatic rings. The van der Waals surface area contributed by atoms with Crippen molar-refractivity contribution in [2.45, 2.75) is 31.8 Å². The Bertz CT molecular complexity index is 1010. The van der Waals surface area contributed by atoms with Crippen molar-refractivity contribution >= 4 is 48.6 Å². The molecule has 1 saturated carbocycles. The fourth-order valence-corrected chi connectivity index (χ4v) is 5.43. The lowest BCUT2D eigenvalue weighted by Crippen LogP contribution is -2.35. The van der Waals surface area contributed by atoms with Crippen molar-refractivity contribution in [1.29, 1.82) is 0 Å². The van der Waals surface area contributed by atoms with Crippen LogP contribution < -0.4 is 16.1 Å². The third kappa shape index (κ3) is 4.67. The molecule has 0 aliphatic heterocycles. The first kappa shape index (κ1) is 19.7. The zero-order valence-electron chi connectivity index (χ0n) is 15.5. The summed E-state index contributed by atoms with van der Waals surface area (Å²) < 4.78 is 2.17. The summed E-state index contributed by atoms with van der Waals surface area (Å²) in [6.45, 7) is 1.71. The number of H-pyrrole nitrogens is 1. The van der Waals surface area contributed by atoms with Crippen LogP contribution in [-0.4, -0.2) is 17.6 Å². The second-order valence-electron chi connectivity index (χ2n) is 7.43. The Morgan fingerprint density at radius 3 is 2.64 bits per heavy atom. The molecule has 2 aromatic carbocycles. The molecule has 0 unspecified atom stereocenters. The van der Waals surface area contributed by atoms with Gasteiger partial charge in [0.05, 0.1) is 5.52 Å². The number of anilines is 1. The summed E-state index contributed by atoms with van der Waals surface area (Å²) in [5.74, 6) is 1.34. The van der Waals surface area contributed by atoms with Gasteiger partial charge in [-0.2, -0.15) is 0 Å². The molecule has 28 heavy (non-hydrogen) atoms. The maximum atomic E-state index is 12.3. The minimum atomic E-state index is 0.0539. The molecule has 0 spiro atoms. The molecule has 0 radical (unpaired) electrons. The SMILES string of the molecule is O=c1cc(NC[C@H]2CCC[C@@H]2NCc2cc(Br)cc(Br)c2)[nH]c2ccccc12. The van der Waals surface area contributed by atoms with E-state index in [1.54, 1.807) is 6.07 Å². The Balaban J connectivity index is 1.38. The highest BCUT2D eigenvalue weighted by atomic mass is 79.9. The summed E-state index contributed by atoms with van der Waals surface area (Å²) in [5, 5.41) is 7.91. The molecule has 3 N–H and O–H groups in total. The number of rotatable bonds is 6. The summed E-state index contributed by atoms with van der Waals surface area (Å²) in [6, 6.07) is 16.1. The molecular weight excluding hydrogens is 482 g/mol. The van der Waals surface area contributed by atoms with Gasteiger partial charge in [0.25, 0.3) is 0 Å². The third-order valence-electron chi connectivity index (χ3n) is 5.44. The van der Waals surface area contributed by atoms with E-state index in [0.29, 0.717) is 12.0 Å². The smallest absolute Gasteiger partial charge is 0.191 e. The number of fused-ring (bicyclic) bond motifs is 1. The van der Waals surface area contributed by atoms with Crippen molar-refractivity contribution in [3.63, 3.8) is 0 Å². The first-order valence-corrected chi connectivity index (χ1v) is 11.2. The van der Waals surface area contributed by atoms with Crippen molar-refractivity contribution < 1.29 is 0 Å². The standard InChI is InChI=1S/C22H23Br2N3O/c23-16-8-14(9-17(24)10-16)12-25-19-7-3-4-15(19)13-26-22-11-21(28)18-5-1-2-6-20(18)27-22/h1-2,5-6,8-11,15,19,25H,3-4,7,12-13H2,(H2,26,27,28)/t15-,19+/m1/s1. The van der Waals surface area contributed by atoms with E-state index < -0.39 is 0 Å². The molecule has 0 amide bonds. The number of hydrogen-bond donors (Lipinski definition) is 3. The van der Waals surface area contributed by atoms with Crippen LogP contribution in [-0.2, 0) is 6.54 Å². The van der Waals surface area contributed by atoms with Crippen LogP contribution in [0.3, 0.4) is 0 Å². The minimum Gasteiger partial charge on any atom is -0.371 e. The lowest BCUT2D eigenvalue weighted by atomic mass is 10.0. The maximum absolute atomic E-state index is 12.3. The molecule has 4 rings (SSSR count). The van der Waals surface area contributed by atoms with Crippen LogP contribution in [0.15, 0.2) is 62.3 Å². The number of para-hydroxylation sites is 1. The first-order chi connectivity index (χ1) is 13.6. The number of nitrogens with one attached hydrogen (secondary N) is 3. The molecule has 6 heteroatoms. The number of aromatic nitrogens is 1. The zero-order chi connectivity index (χ0) is 19.5. The molecule has 1 heterocycles. The summed E-state index contributed by atoms with van der Waals surface area (Å²) in [7, 11) is 0. The van der Waals surface area contributed by atoms with Gasteiger partial charge in [-0.1, -0.05) is 50.4 Å². The summed E-state index contributed by atoms with van der Waals surface area (Å²) in [6.07, 6.45) is 3.63. The topological polar surface area (TPSA) is 56.9 Å². The monoisotopic (exact) mass is 503 g/mol. The van der Waals surface area contributed by atoms with Crippen molar-refractivity contribution in [2.75, 3.05) is 11.9 Å². The first-order valence-electron chi connectivity index (χ1n) is 9.63. The molecule has 146 valence electrons. The molecule has 1 fully saturated rings. The van der Waals surface area contributed by atoms with Gasteiger partial charge in [-0.05, 0) is 54.7 Å². The highest BCUT2D eigenvalue weighted by molar-refractivity contribution is 9.11. The van der Waals surface area contributed by atoms with Crippen molar-refractivity contribution in [3.8, 4) is 0 Å². The Labute approximate surface area is 181 Å². The van der Waals surface area contributed by atoms with Crippen LogP contribution in [0.1, 0.15) is 24.8 Å². The van der Waals surface area contributed by atoms with E-state index in [1.807, 2.05) is 24.3 Å². The average molecular weight is 505 g/mol. The maximum Gasteiger partial charge on any atom is 0.191 e. The molecule has 4 nitrogen and oxygen atoms in total. The van der Waals surface area contributed by atoms with Gasteiger partial charge in [-0.15, -0.1) is 0 Å². The molecule has 0 saturated heterocycles. The van der Waals surface area contributed by atoms with E-state index in [4.69, 9.17) is 0 Å². The molecule has 1 aromatic heterocycles. The van der Waals surface area contributed by atoms with Gasteiger partial charge in [0, 0.05) is 39.5 Å². The van der Waals surface area contributed by atoms with Gasteiger partial charge < -0.3 is 15.6 Å². The number of aromatic amines is 1. The lowest BCUT2D eigenvalue weighted by molar-refractivity contribution is 0.413. The van der Waals surface area contributed by atoms with Crippen LogP contribution in [0.4, 0.5) is 5.82 Å². The Hall–Kier alpha value is -1.63. The Kier molecular flexibility index (Phi) is 6.19. The van der Waals surface area contributed by atoms with Gasteiger partial charge >= 0.3 is 0 Å². The number of halogens is 2. The van der Waals surface area contributed by atoms with Crippen molar-refractivity contribution in [3.05, 3.63) is 73.3 Å². The fourth-order valence-electron chi connectivity index (χ4n) is 4.05. The van der Waals surface area contributed by atoms with Crippen LogP contribution in [0.2, 0.25) is 0 Å². The van der Waals surface area contributed by atoms with Gasteiger partial charge in [0.15, 0.2) is 5.43 Å². The number of hydrogen-bond acceptors (Lipinski definition) is 3.